The summed E-state index contributed by atoms with van der Waals surface area (Å²) in [5.41, 5.74) is 1.13. The fourth-order valence-corrected chi connectivity index (χ4v) is 4.77. The van der Waals surface area contributed by atoms with Crippen molar-refractivity contribution in [3.8, 4) is 34.3 Å². The van der Waals surface area contributed by atoms with Crippen molar-refractivity contribution in [2.75, 3.05) is 0 Å². The van der Waals surface area contributed by atoms with E-state index < -0.39 is 32.8 Å². The summed E-state index contributed by atoms with van der Waals surface area (Å²) in [6.07, 6.45) is 0. The van der Waals surface area contributed by atoms with E-state index in [0.717, 1.165) is 23.3 Å². The lowest BCUT2D eigenvalue weighted by molar-refractivity contribution is 0.306. The zero-order valence-corrected chi connectivity index (χ0v) is 20.9. The first-order chi connectivity index (χ1) is 18.2. The molecule has 0 atom stereocenters. The van der Waals surface area contributed by atoms with E-state index in [1.807, 2.05) is 30.3 Å². The van der Waals surface area contributed by atoms with Crippen LogP contribution >= 0.6 is 0 Å². The SMILES string of the molecule is Cc1ccc(S(=O)(=O)Oc2cc(O)cc3oc(-c4ccc(OCc5ccccc5)cc4)c(O)c(=O)c23)cc1. The van der Waals surface area contributed by atoms with Gasteiger partial charge in [0, 0.05) is 17.7 Å². The average molecular weight is 531 g/mol. The van der Waals surface area contributed by atoms with Gasteiger partial charge in [0.15, 0.2) is 11.5 Å². The fourth-order valence-electron chi connectivity index (χ4n) is 3.84. The molecule has 192 valence electrons. The molecule has 9 heteroatoms. The summed E-state index contributed by atoms with van der Waals surface area (Å²) in [5, 5.41) is 20.6. The highest BCUT2D eigenvalue weighted by Gasteiger charge is 2.24. The predicted octanol–water partition coefficient (Wildman–Crippen LogP) is 5.53. The standard InChI is InChI=1S/C29H22O8S/c1-18-7-13-23(14-8-18)38(33,34)37-25-16-21(30)15-24-26(25)27(31)28(32)29(36-24)20-9-11-22(12-10-20)35-17-19-5-3-2-4-6-19/h2-16,30,32H,17H2,1H3. The van der Waals surface area contributed by atoms with Gasteiger partial charge in [-0.2, -0.15) is 8.42 Å². The number of fused-ring (bicyclic) bond motifs is 1. The molecule has 0 radical (unpaired) electrons. The number of benzene rings is 4. The number of ether oxygens (including phenoxy) is 1. The number of hydrogen-bond donors (Lipinski definition) is 2. The Kier molecular flexibility index (Phi) is 6.52. The van der Waals surface area contributed by atoms with E-state index in [0.29, 0.717) is 17.9 Å². The molecule has 0 unspecified atom stereocenters. The monoisotopic (exact) mass is 530 g/mol. The summed E-state index contributed by atoms with van der Waals surface area (Å²) in [5.74, 6) is -1.19. The molecule has 0 amide bonds. The molecule has 0 bridgehead atoms. The predicted molar refractivity (Wildman–Crippen MR) is 141 cm³/mol. The van der Waals surface area contributed by atoms with E-state index in [4.69, 9.17) is 13.3 Å². The third-order valence-corrected chi connectivity index (χ3v) is 7.04. The van der Waals surface area contributed by atoms with Crippen LogP contribution < -0.4 is 14.3 Å². The largest absolute Gasteiger partial charge is 0.508 e. The van der Waals surface area contributed by atoms with E-state index >= 15 is 0 Å². The summed E-state index contributed by atoms with van der Waals surface area (Å²) in [4.78, 5) is 13.0. The molecule has 5 rings (SSSR count). The number of aromatic hydroxyl groups is 2. The molecule has 38 heavy (non-hydrogen) atoms. The van der Waals surface area contributed by atoms with Gasteiger partial charge in [0.2, 0.25) is 11.2 Å². The van der Waals surface area contributed by atoms with Crippen molar-refractivity contribution >= 4 is 21.1 Å². The van der Waals surface area contributed by atoms with Crippen molar-refractivity contribution < 1.29 is 32.0 Å². The molecule has 0 spiro atoms. The zero-order chi connectivity index (χ0) is 26.9. The Bertz CT molecular complexity index is 1770. The van der Waals surface area contributed by atoms with Gasteiger partial charge in [0.05, 0.1) is 0 Å². The Labute approximate surface area is 218 Å². The number of aryl methyl sites for hydroxylation is 1. The highest BCUT2D eigenvalue weighted by Crippen LogP contribution is 2.37. The van der Waals surface area contributed by atoms with Gasteiger partial charge in [-0.15, -0.1) is 0 Å². The fraction of sp³-hybridized carbons (Fsp3) is 0.0690. The van der Waals surface area contributed by atoms with Gasteiger partial charge in [0.25, 0.3) is 0 Å². The molecule has 2 N–H and O–H groups in total. The van der Waals surface area contributed by atoms with E-state index in [1.165, 1.54) is 12.1 Å². The van der Waals surface area contributed by atoms with Crippen LogP contribution in [0.5, 0.6) is 23.0 Å². The molecule has 0 fully saturated rings. The van der Waals surface area contributed by atoms with Crippen molar-refractivity contribution in [1.29, 1.82) is 0 Å². The first kappa shape index (κ1) is 24.9. The first-order valence-electron chi connectivity index (χ1n) is 11.5. The maximum atomic E-state index is 13.2. The molecule has 1 aromatic heterocycles. The first-order valence-corrected chi connectivity index (χ1v) is 12.9. The highest BCUT2D eigenvalue weighted by atomic mass is 32.2. The molecule has 4 aromatic carbocycles. The maximum absolute atomic E-state index is 13.2. The summed E-state index contributed by atoms with van der Waals surface area (Å²) < 4.78 is 42.4. The zero-order valence-electron chi connectivity index (χ0n) is 20.1. The van der Waals surface area contributed by atoms with Crippen LogP contribution in [0.25, 0.3) is 22.3 Å². The molecule has 1 heterocycles. The molecule has 0 aliphatic heterocycles. The average Bonchev–Trinajstić information content (AvgIpc) is 2.90. The van der Waals surface area contributed by atoms with Gasteiger partial charge < -0.3 is 23.6 Å². The Hall–Kier alpha value is -4.76. The molecule has 0 saturated carbocycles. The Balaban J connectivity index is 1.49. The van der Waals surface area contributed by atoms with Crippen molar-refractivity contribution in [3.05, 3.63) is 112 Å². The van der Waals surface area contributed by atoms with Crippen molar-refractivity contribution in [2.45, 2.75) is 18.4 Å². The van der Waals surface area contributed by atoms with E-state index in [2.05, 4.69) is 0 Å². The number of hydrogen-bond acceptors (Lipinski definition) is 8. The molecule has 8 nitrogen and oxygen atoms in total. The topological polar surface area (TPSA) is 123 Å². The van der Waals surface area contributed by atoms with Crippen LogP contribution in [0.4, 0.5) is 0 Å². The smallest absolute Gasteiger partial charge is 0.339 e. The third-order valence-electron chi connectivity index (χ3n) is 5.79. The molecule has 5 aromatic rings. The second-order valence-corrected chi connectivity index (χ2v) is 10.1. The molecule has 0 aliphatic carbocycles. The van der Waals surface area contributed by atoms with Crippen LogP contribution in [0.2, 0.25) is 0 Å². The van der Waals surface area contributed by atoms with Crippen LogP contribution in [0.15, 0.2) is 105 Å². The Morgan fingerprint density at radius 2 is 1.55 bits per heavy atom. The van der Waals surface area contributed by atoms with E-state index in [1.54, 1.807) is 43.3 Å². The summed E-state index contributed by atoms with van der Waals surface area (Å²) in [7, 11) is -4.35. The van der Waals surface area contributed by atoms with Crippen LogP contribution in [-0.4, -0.2) is 18.6 Å². The molecule has 0 saturated heterocycles. The minimum absolute atomic E-state index is 0.139. The van der Waals surface area contributed by atoms with Crippen LogP contribution in [-0.2, 0) is 16.7 Å². The Morgan fingerprint density at radius 3 is 2.24 bits per heavy atom. The normalized spacial score (nSPS) is 11.4. The summed E-state index contributed by atoms with van der Waals surface area (Å²) in [6.45, 7) is 2.17. The van der Waals surface area contributed by atoms with Crippen molar-refractivity contribution in [3.63, 3.8) is 0 Å². The summed E-state index contributed by atoms with van der Waals surface area (Å²) >= 11 is 0. The van der Waals surface area contributed by atoms with Crippen LogP contribution in [0, 0.1) is 6.92 Å². The van der Waals surface area contributed by atoms with Crippen molar-refractivity contribution in [1.82, 2.24) is 0 Å². The minimum atomic E-state index is -4.35. The van der Waals surface area contributed by atoms with E-state index in [-0.39, 0.29) is 21.6 Å². The van der Waals surface area contributed by atoms with Gasteiger partial charge in [-0.05, 0) is 48.9 Å². The summed E-state index contributed by atoms with van der Waals surface area (Å²) in [6, 6.07) is 24.2. The number of phenols is 1. The lowest BCUT2D eigenvalue weighted by Gasteiger charge is -2.12. The number of phenolic OH excluding ortho intramolecular Hbond substituents is 1. The van der Waals surface area contributed by atoms with Gasteiger partial charge >= 0.3 is 10.1 Å². The molecular weight excluding hydrogens is 508 g/mol. The minimum Gasteiger partial charge on any atom is -0.508 e. The van der Waals surface area contributed by atoms with Crippen molar-refractivity contribution in [2.24, 2.45) is 0 Å². The molecule has 0 aliphatic rings. The quantitative estimate of drug-likeness (QED) is 0.264. The molecular formula is C29H22O8S. The lowest BCUT2D eigenvalue weighted by atomic mass is 10.1. The van der Waals surface area contributed by atoms with Gasteiger partial charge in [0.1, 0.15) is 34.0 Å². The third kappa shape index (κ3) is 5.05. The van der Waals surface area contributed by atoms with Crippen LogP contribution in [0.3, 0.4) is 0 Å². The highest BCUT2D eigenvalue weighted by molar-refractivity contribution is 7.87. The van der Waals surface area contributed by atoms with Gasteiger partial charge in [-0.25, -0.2) is 0 Å². The van der Waals surface area contributed by atoms with Gasteiger partial charge in [-0.1, -0.05) is 48.0 Å². The van der Waals surface area contributed by atoms with Crippen LogP contribution in [0.1, 0.15) is 11.1 Å². The Morgan fingerprint density at radius 1 is 0.868 bits per heavy atom. The maximum Gasteiger partial charge on any atom is 0.339 e. The van der Waals surface area contributed by atoms with E-state index in [9.17, 15) is 23.4 Å². The second kappa shape index (κ2) is 9.95. The lowest BCUT2D eigenvalue weighted by Crippen LogP contribution is -2.12. The van der Waals surface area contributed by atoms with Gasteiger partial charge in [-0.3, -0.25) is 4.79 Å². The second-order valence-electron chi connectivity index (χ2n) is 8.58. The number of rotatable bonds is 7.